The van der Waals surface area contributed by atoms with Crippen molar-refractivity contribution in [2.75, 3.05) is 18.6 Å². The minimum absolute atomic E-state index is 0.182. The summed E-state index contributed by atoms with van der Waals surface area (Å²) < 4.78 is 23.3. The number of nitrogens with two attached hydrogens (primary N) is 2. The van der Waals surface area contributed by atoms with Crippen molar-refractivity contribution in [1.82, 2.24) is 0 Å². The van der Waals surface area contributed by atoms with Crippen molar-refractivity contribution >= 4 is 74.4 Å². The highest BCUT2D eigenvalue weighted by atomic mass is 32.1. The lowest BCUT2D eigenvalue weighted by molar-refractivity contribution is 0.415. The van der Waals surface area contributed by atoms with Gasteiger partial charge in [-0.1, -0.05) is 36.4 Å². The second-order valence-corrected chi connectivity index (χ2v) is 9.26. The minimum atomic E-state index is -0.450. The average Bonchev–Trinajstić information content (AvgIpc) is 3.36. The summed E-state index contributed by atoms with van der Waals surface area (Å²) in [6, 6.07) is 23.8. The molecule has 0 atom stereocenters. The van der Waals surface area contributed by atoms with Gasteiger partial charge in [0, 0.05) is 41.7 Å². The molecule has 0 aliphatic rings. The van der Waals surface area contributed by atoms with Crippen molar-refractivity contribution in [3.05, 3.63) is 78.6 Å². The molecule has 2 aromatic heterocycles. The van der Waals surface area contributed by atoms with Gasteiger partial charge in [0.25, 0.3) is 0 Å². The van der Waals surface area contributed by atoms with Crippen LogP contribution in [0.15, 0.2) is 72.8 Å². The highest BCUT2D eigenvalue weighted by molar-refractivity contribution is 7.26. The van der Waals surface area contributed by atoms with E-state index in [9.17, 15) is 4.39 Å². The Balaban J connectivity index is 0.000000132. The lowest BCUT2D eigenvalue weighted by Gasteiger charge is -2.02. The van der Waals surface area contributed by atoms with Gasteiger partial charge >= 0.3 is 0 Å². The normalized spacial score (nSPS) is 11.2. The summed E-state index contributed by atoms with van der Waals surface area (Å²) >= 11 is 3.36. The summed E-state index contributed by atoms with van der Waals surface area (Å²) in [5.74, 6) is 0.472. The van der Waals surface area contributed by atoms with Gasteiger partial charge in [-0.15, -0.1) is 22.7 Å². The Kier molecular flexibility index (Phi) is 4.88. The van der Waals surface area contributed by atoms with E-state index in [0.29, 0.717) is 5.69 Å². The van der Waals surface area contributed by atoms with Crippen LogP contribution in [0.5, 0.6) is 5.75 Å². The molecule has 0 amide bonds. The number of hydrogen-bond acceptors (Lipinski definition) is 5. The fourth-order valence-corrected chi connectivity index (χ4v) is 5.98. The summed E-state index contributed by atoms with van der Waals surface area (Å²) in [5.41, 5.74) is 12.2. The molecule has 4 aromatic carbocycles. The predicted octanol–water partition coefficient (Wildman–Crippen LogP) is 7.42. The van der Waals surface area contributed by atoms with Crippen molar-refractivity contribution in [3.63, 3.8) is 0 Å². The van der Waals surface area contributed by atoms with Crippen LogP contribution in [-0.2, 0) is 0 Å². The molecule has 0 aliphatic heterocycles. The first-order valence-electron chi connectivity index (χ1n) is 9.67. The number of benzene rings is 4. The van der Waals surface area contributed by atoms with Gasteiger partial charge in [-0.3, -0.25) is 0 Å². The molecule has 6 heteroatoms. The first-order chi connectivity index (χ1) is 15.1. The average molecular weight is 447 g/mol. The number of methoxy groups -OCH3 is 1. The SMILES string of the molecule is COc1ccc2sc3ccccc3c2c1.Nc1cc(F)c(N)c2c1sc1ccccc12. The van der Waals surface area contributed by atoms with Crippen molar-refractivity contribution in [2.45, 2.75) is 0 Å². The highest BCUT2D eigenvalue weighted by Crippen LogP contribution is 2.41. The summed E-state index contributed by atoms with van der Waals surface area (Å²) in [6.45, 7) is 0. The molecule has 3 nitrogen and oxygen atoms in total. The number of nitrogen functional groups attached to an aromatic ring is 2. The Bertz CT molecular complexity index is 1570. The molecule has 6 aromatic rings. The summed E-state index contributed by atoms with van der Waals surface area (Å²) in [5, 5.41) is 4.30. The third kappa shape index (κ3) is 3.34. The van der Waals surface area contributed by atoms with E-state index in [1.165, 1.54) is 37.6 Å². The largest absolute Gasteiger partial charge is 0.497 e. The molecule has 4 N–H and O–H groups in total. The Labute approximate surface area is 186 Å². The van der Waals surface area contributed by atoms with Crippen LogP contribution in [0.2, 0.25) is 0 Å². The number of ether oxygens (including phenoxy) is 1. The van der Waals surface area contributed by atoms with Crippen LogP contribution in [0.25, 0.3) is 40.3 Å². The van der Waals surface area contributed by atoms with Crippen LogP contribution < -0.4 is 16.2 Å². The lowest BCUT2D eigenvalue weighted by atomic mass is 10.1. The smallest absolute Gasteiger partial charge is 0.148 e. The maximum atomic E-state index is 13.5. The fraction of sp³-hybridized carbons (Fsp3) is 0.0400. The minimum Gasteiger partial charge on any atom is -0.497 e. The van der Waals surface area contributed by atoms with Crippen molar-refractivity contribution < 1.29 is 9.13 Å². The molecule has 31 heavy (non-hydrogen) atoms. The Hall–Kier alpha value is -3.35. The quantitative estimate of drug-likeness (QED) is 0.258. The first-order valence-corrected chi connectivity index (χ1v) is 11.3. The van der Waals surface area contributed by atoms with Crippen LogP contribution in [0.3, 0.4) is 0 Å². The Morgan fingerprint density at radius 2 is 1.39 bits per heavy atom. The maximum Gasteiger partial charge on any atom is 0.148 e. The van der Waals surface area contributed by atoms with Crippen molar-refractivity contribution in [3.8, 4) is 5.75 Å². The monoisotopic (exact) mass is 446 g/mol. The van der Waals surface area contributed by atoms with Gasteiger partial charge in [-0.05, 0) is 30.3 Å². The van der Waals surface area contributed by atoms with Crippen molar-refractivity contribution in [1.29, 1.82) is 0 Å². The Morgan fingerprint density at radius 3 is 2.13 bits per heavy atom. The van der Waals surface area contributed by atoms with Gasteiger partial charge < -0.3 is 16.2 Å². The number of thiophene rings is 2. The van der Waals surface area contributed by atoms with Crippen LogP contribution in [-0.4, -0.2) is 7.11 Å². The molecule has 6 rings (SSSR count). The molecular formula is C25H19FN2OS2. The van der Waals surface area contributed by atoms with Gasteiger partial charge in [0.15, 0.2) is 0 Å². The molecule has 0 saturated carbocycles. The van der Waals surface area contributed by atoms with Gasteiger partial charge in [0.2, 0.25) is 0 Å². The highest BCUT2D eigenvalue weighted by Gasteiger charge is 2.13. The van der Waals surface area contributed by atoms with Crippen LogP contribution in [0.4, 0.5) is 15.8 Å². The molecule has 0 aliphatic carbocycles. The van der Waals surface area contributed by atoms with Gasteiger partial charge in [-0.25, -0.2) is 4.39 Å². The van der Waals surface area contributed by atoms with Gasteiger partial charge in [0.1, 0.15) is 11.6 Å². The molecule has 0 fully saturated rings. The third-order valence-corrected chi connectivity index (χ3v) is 7.62. The van der Waals surface area contributed by atoms with E-state index in [1.807, 2.05) is 41.7 Å². The molecule has 0 unspecified atom stereocenters. The number of hydrogen-bond donors (Lipinski definition) is 2. The topological polar surface area (TPSA) is 61.3 Å². The summed E-state index contributed by atoms with van der Waals surface area (Å²) in [7, 11) is 1.70. The maximum absolute atomic E-state index is 13.5. The van der Waals surface area contributed by atoms with E-state index in [1.54, 1.807) is 7.11 Å². The standard InChI is InChI=1S/C13H10OS.C12H9FN2S/c1-14-9-6-7-13-11(8-9)10-4-2-3-5-12(10)15-13;13-7-5-8(14)12-10(11(7)15)6-3-1-2-4-9(6)16-12/h2-8H,1H3;1-5H,14-15H2. The number of rotatable bonds is 1. The van der Waals surface area contributed by atoms with Crippen LogP contribution in [0.1, 0.15) is 0 Å². The second kappa shape index (κ2) is 7.72. The molecule has 0 radical (unpaired) electrons. The van der Waals surface area contributed by atoms with E-state index in [2.05, 4.69) is 36.4 Å². The molecule has 2 heterocycles. The molecular weight excluding hydrogens is 427 g/mol. The predicted molar refractivity (Wildman–Crippen MR) is 134 cm³/mol. The fourth-order valence-electron chi connectivity index (χ4n) is 3.75. The molecule has 0 spiro atoms. The van der Waals surface area contributed by atoms with E-state index in [0.717, 1.165) is 25.9 Å². The number of anilines is 2. The molecule has 0 saturated heterocycles. The van der Waals surface area contributed by atoms with Gasteiger partial charge in [-0.2, -0.15) is 0 Å². The lowest BCUT2D eigenvalue weighted by Crippen LogP contribution is -1.94. The van der Waals surface area contributed by atoms with E-state index >= 15 is 0 Å². The summed E-state index contributed by atoms with van der Waals surface area (Å²) in [6.07, 6.45) is 0. The number of fused-ring (bicyclic) bond motifs is 6. The van der Waals surface area contributed by atoms with Crippen LogP contribution >= 0.6 is 22.7 Å². The summed E-state index contributed by atoms with van der Waals surface area (Å²) in [4.78, 5) is 0. The van der Waals surface area contributed by atoms with Gasteiger partial charge in [0.05, 0.1) is 23.2 Å². The molecule has 0 bridgehead atoms. The third-order valence-electron chi connectivity index (χ3n) is 5.25. The first kappa shape index (κ1) is 19.6. The zero-order chi connectivity index (χ0) is 21.5. The molecule has 154 valence electrons. The van der Waals surface area contributed by atoms with E-state index in [-0.39, 0.29) is 5.69 Å². The van der Waals surface area contributed by atoms with Crippen LogP contribution in [0, 0.1) is 5.82 Å². The second-order valence-electron chi connectivity index (χ2n) is 7.12. The Morgan fingerprint density at radius 1 is 0.742 bits per heavy atom. The van der Waals surface area contributed by atoms with Crippen molar-refractivity contribution in [2.24, 2.45) is 0 Å². The van der Waals surface area contributed by atoms with E-state index < -0.39 is 5.82 Å². The number of halogens is 1. The zero-order valence-corrected chi connectivity index (χ0v) is 18.3. The zero-order valence-electron chi connectivity index (χ0n) is 16.7. The van der Waals surface area contributed by atoms with E-state index in [4.69, 9.17) is 16.2 Å².